The van der Waals surface area contributed by atoms with Crippen LogP contribution >= 0.6 is 11.3 Å². The van der Waals surface area contributed by atoms with Gasteiger partial charge in [0, 0.05) is 50.3 Å². The van der Waals surface area contributed by atoms with Crippen LogP contribution in [0.4, 0.5) is 0 Å². The summed E-state index contributed by atoms with van der Waals surface area (Å²) in [4.78, 5) is 11.8. The van der Waals surface area contributed by atoms with Gasteiger partial charge in [0.25, 0.3) is 0 Å². The summed E-state index contributed by atoms with van der Waals surface area (Å²) in [7, 11) is 0. The molecule has 2 unspecified atom stereocenters. The molecular formula is C48H32N4O2S. The number of hydrogen-bond donors (Lipinski definition) is 0. The molecule has 10 rings (SSSR count). The van der Waals surface area contributed by atoms with Gasteiger partial charge in [0.2, 0.25) is 0 Å². The Hall–Kier alpha value is -6.96. The SMILES string of the molecule is c1ccc(OC2(c3cccnn3)C(c3ccc4ccccc4n3)=C(c3nccc4ccccc34)C(c3cccs3)=C(c3ccco3)C2c2ccccc2)cc1. The standard InChI is InChI=1S/C48H32N4O2S/c1-3-16-34(17-4-1)45-42(39-22-12-30-53-39)43(40-23-13-31-55-40)44(47-36-20-9-7-14-32(36)27-29-49-47)46(38-26-25-33-15-8-10-21-37(33)51-38)48(45,41-24-11-28-50-52-41)54-35-18-5-2-6-19-35/h1-31,45H. The van der Waals surface area contributed by atoms with Gasteiger partial charge in [-0.05, 0) is 77.0 Å². The second-order valence-corrected chi connectivity index (χ2v) is 14.3. The molecule has 262 valence electrons. The predicted octanol–water partition coefficient (Wildman–Crippen LogP) is 11.5. The van der Waals surface area contributed by atoms with Crippen LogP contribution in [0.25, 0.3) is 44.0 Å². The molecule has 0 fully saturated rings. The van der Waals surface area contributed by atoms with E-state index in [1.807, 2.05) is 79.0 Å². The van der Waals surface area contributed by atoms with Gasteiger partial charge in [-0.25, -0.2) is 4.98 Å². The number of nitrogens with zero attached hydrogens (tertiary/aromatic N) is 4. The van der Waals surface area contributed by atoms with Crippen LogP contribution in [0.3, 0.4) is 0 Å². The van der Waals surface area contributed by atoms with E-state index in [4.69, 9.17) is 24.2 Å². The van der Waals surface area contributed by atoms with E-state index in [-0.39, 0.29) is 0 Å². The minimum atomic E-state index is -1.39. The molecule has 1 aliphatic rings. The summed E-state index contributed by atoms with van der Waals surface area (Å²) in [5.41, 5.74) is 6.26. The molecule has 0 amide bonds. The number of pyridine rings is 2. The zero-order valence-corrected chi connectivity index (χ0v) is 30.3. The van der Waals surface area contributed by atoms with Crippen molar-refractivity contribution in [3.8, 4) is 5.75 Å². The number of fused-ring (bicyclic) bond motifs is 2. The molecule has 0 saturated carbocycles. The van der Waals surface area contributed by atoms with E-state index in [9.17, 15) is 0 Å². The first-order chi connectivity index (χ1) is 27.3. The first-order valence-corrected chi connectivity index (χ1v) is 19.0. The fourth-order valence-electron chi connectivity index (χ4n) is 8.05. The Morgan fingerprint density at radius 2 is 1.44 bits per heavy atom. The summed E-state index contributed by atoms with van der Waals surface area (Å²) < 4.78 is 14.2. The molecule has 0 saturated heterocycles. The van der Waals surface area contributed by atoms with Gasteiger partial charge in [-0.15, -0.1) is 11.3 Å². The molecule has 1 aliphatic carbocycles. The van der Waals surface area contributed by atoms with Crippen molar-refractivity contribution in [1.82, 2.24) is 20.2 Å². The van der Waals surface area contributed by atoms with E-state index in [1.54, 1.807) is 23.8 Å². The number of thiophene rings is 1. The minimum Gasteiger partial charge on any atom is -0.475 e. The highest BCUT2D eigenvalue weighted by Crippen LogP contribution is 2.64. The van der Waals surface area contributed by atoms with Crippen molar-refractivity contribution in [2.45, 2.75) is 11.5 Å². The van der Waals surface area contributed by atoms with Crippen molar-refractivity contribution in [3.63, 3.8) is 0 Å². The molecule has 0 aliphatic heterocycles. The normalized spacial score (nSPS) is 17.2. The average Bonchev–Trinajstić information content (AvgIpc) is 4.00. The van der Waals surface area contributed by atoms with Gasteiger partial charge >= 0.3 is 0 Å². The van der Waals surface area contributed by atoms with Crippen LogP contribution in [0.15, 0.2) is 192 Å². The van der Waals surface area contributed by atoms with Gasteiger partial charge in [-0.3, -0.25) is 4.98 Å². The molecule has 7 heteroatoms. The second kappa shape index (κ2) is 13.8. The molecule has 4 aromatic carbocycles. The van der Waals surface area contributed by atoms with Crippen molar-refractivity contribution in [1.29, 1.82) is 0 Å². The number of benzene rings is 4. The lowest BCUT2D eigenvalue weighted by Crippen LogP contribution is -2.45. The Balaban J connectivity index is 1.50. The number of allylic oxidation sites excluding steroid dienone is 2. The third kappa shape index (κ3) is 5.56. The van der Waals surface area contributed by atoms with Gasteiger partial charge in [0.15, 0.2) is 5.60 Å². The summed E-state index contributed by atoms with van der Waals surface area (Å²) >= 11 is 1.68. The molecule has 6 nitrogen and oxygen atoms in total. The highest BCUT2D eigenvalue weighted by molar-refractivity contribution is 7.11. The molecule has 0 radical (unpaired) electrons. The summed E-state index contributed by atoms with van der Waals surface area (Å²) in [5, 5.41) is 14.7. The number of aromatic nitrogens is 4. The lowest BCUT2D eigenvalue weighted by Gasteiger charge is -2.47. The smallest absolute Gasteiger partial charge is 0.191 e. The Morgan fingerprint density at radius 3 is 2.22 bits per heavy atom. The first-order valence-electron chi connectivity index (χ1n) is 18.1. The highest BCUT2D eigenvalue weighted by Gasteiger charge is 2.57. The number of para-hydroxylation sites is 2. The molecule has 9 aromatic rings. The van der Waals surface area contributed by atoms with Crippen LogP contribution in [0.1, 0.15) is 39.2 Å². The largest absolute Gasteiger partial charge is 0.475 e. The number of hydrogen-bond acceptors (Lipinski definition) is 7. The van der Waals surface area contributed by atoms with Gasteiger partial charge in [0.05, 0.1) is 29.1 Å². The molecule has 0 N–H and O–H groups in total. The van der Waals surface area contributed by atoms with Gasteiger partial charge < -0.3 is 9.15 Å². The van der Waals surface area contributed by atoms with Crippen molar-refractivity contribution in [3.05, 3.63) is 221 Å². The summed E-state index contributed by atoms with van der Waals surface area (Å²) in [6.45, 7) is 0. The Morgan fingerprint density at radius 1 is 0.636 bits per heavy atom. The maximum atomic E-state index is 7.73. The fraction of sp³-hybridized carbons (Fsp3) is 0.0417. The molecule has 5 heterocycles. The number of rotatable bonds is 8. The van der Waals surface area contributed by atoms with Gasteiger partial charge in [-0.1, -0.05) is 103 Å². The van der Waals surface area contributed by atoms with Crippen LogP contribution in [-0.2, 0) is 5.60 Å². The molecule has 0 bridgehead atoms. The predicted molar refractivity (Wildman–Crippen MR) is 220 cm³/mol. The van der Waals surface area contributed by atoms with Crippen molar-refractivity contribution in [2.24, 2.45) is 0 Å². The maximum absolute atomic E-state index is 7.73. The van der Waals surface area contributed by atoms with E-state index >= 15 is 0 Å². The van der Waals surface area contributed by atoms with Crippen LogP contribution in [0.5, 0.6) is 5.75 Å². The molecule has 55 heavy (non-hydrogen) atoms. The average molecular weight is 729 g/mol. The Bertz CT molecular complexity index is 2830. The van der Waals surface area contributed by atoms with E-state index in [1.165, 1.54) is 0 Å². The summed E-state index contributed by atoms with van der Waals surface area (Å²) in [6, 6.07) is 55.5. The Kier molecular flexibility index (Phi) is 8.19. The minimum absolute atomic E-state index is 0.532. The van der Waals surface area contributed by atoms with E-state index in [2.05, 4.69) is 101 Å². The second-order valence-electron chi connectivity index (χ2n) is 13.4. The third-order valence-corrected chi connectivity index (χ3v) is 11.2. The van der Waals surface area contributed by atoms with Crippen molar-refractivity contribution >= 4 is 55.3 Å². The monoisotopic (exact) mass is 728 g/mol. The lowest BCUT2D eigenvalue weighted by atomic mass is 9.62. The van der Waals surface area contributed by atoms with Gasteiger partial charge in [0.1, 0.15) is 17.2 Å². The van der Waals surface area contributed by atoms with E-state index in [0.717, 1.165) is 65.8 Å². The van der Waals surface area contributed by atoms with E-state index in [0.29, 0.717) is 17.2 Å². The van der Waals surface area contributed by atoms with Crippen molar-refractivity contribution in [2.75, 3.05) is 0 Å². The van der Waals surface area contributed by atoms with Crippen LogP contribution < -0.4 is 4.74 Å². The van der Waals surface area contributed by atoms with Crippen LogP contribution in [0, 0.1) is 0 Å². The number of ether oxygens (including phenoxy) is 1. The maximum Gasteiger partial charge on any atom is 0.191 e. The molecule has 0 spiro atoms. The lowest BCUT2D eigenvalue weighted by molar-refractivity contribution is 0.110. The Labute approximate surface area is 321 Å². The van der Waals surface area contributed by atoms with Gasteiger partial charge in [-0.2, -0.15) is 10.2 Å². The quantitative estimate of drug-likeness (QED) is 0.155. The summed E-state index contributed by atoms with van der Waals surface area (Å²) in [6.07, 6.45) is 5.32. The first kappa shape index (κ1) is 32.7. The molecule has 5 aromatic heterocycles. The molecule has 2 atom stereocenters. The summed E-state index contributed by atoms with van der Waals surface area (Å²) in [5.74, 6) is 0.845. The van der Waals surface area contributed by atoms with Crippen molar-refractivity contribution < 1.29 is 9.15 Å². The third-order valence-electron chi connectivity index (χ3n) is 10.3. The zero-order chi connectivity index (χ0) is 36.6. The van der Waals surface area contributed by atoms with Crippen LogP contribution in [0.2, 0.25) is 0 Å². The highest BCUT2D eigenvalue weighted by atomic mass is 32.1. The number of furan rings is 1. The van der Waals surface area contributed by atoms with E-state index < -0.39 is 11.5 Å². The zero-order valence-electron chi connectivity index (χ0n) is 29.5. The van der Waals surface area contributed by atoms with Crippen LogP contribution in [-0.4, -0.2) is 20.2 Å². The fourth-order valence-corrected chi connectivity index (χ4v) is 8.84. The topological polar surface area (TPSA) is 73.9 Å². The molecular weight excluding hydrogens is 697 g/mol.